The smallest absolute Gasteiger partial charge is 0.123 e. The van der Waals surface area contributed by atoms with Crippen molar-refractivity contribution in [3.05, 3.63) is 64.7 Å². The van der Waals surface area contributed by atoms with Crippen molar-refractivity contribution < 1.29 is 4.74 Å². The first kappa shape index (κ1) is 16.0. The minimum atomic E-state index is 0.524. The highest BCUT2D eigenvalue weighted by molar-refractivity contribution is 6.30. The molecule has 0 heterocycles. The number of rotatable bonds is 3. The maximum atomic E-state index is 6.21. The summed E-state index contributed by atoms with van der Waals surface area (Å²) in [6.45, 7) is 4.88. The molecule has 2 fully saturated rings. The fourth-order valence-electron chi connectivity index (χ4n) is 5.52. The molecule has 0 aliphatic heterocycles. The molecule has 1 nitrogen and oxygen atoms in total. The molecule has 6 atom stereocenters. The Balaban J connectivity index is 1.83. The second kappa shape index (κ2) is 6.11. The largest absolute Gasteiger partial charge is 0.496 e. The molecule has 2 aromatic rings. The second-order valence-corrected chi connectivity index (χ2v) is 8.07. The number of hydrogen-bond acceptors (Lipinski definition) is 1. The normalized spacial score (nSPS) is 34.5. The molecule has 24 heavy (non-hydrogen) atoms. The molecule has 0 spiro atoms. The van der Waals surface area contributed by atoms with Crippen LogP contribution in [0.3, 0.4) is 0 Å². The molecule has 0 radical (unpaired) electrons. The summed E-state index contributed by atoms with van der Waals surface area (Å²) >= 11 is 6.21. The lowest BCUT2D eigenvalue weighted by Crippen LogP contribution is -2.30. The molecular formula is C22H25ClO. The van der Waals surface area contributed by atoms with E-state index in [0.29, 0.717) is 11.8 Å². The Labute approximate surface area is 150 Å². The minimum Gasteiger partial charge on any atom is -0.496 e. The van der Waals surface area contributed by atoms with E-state index in [1.807, 2.05) is 12.1 Å². The summed E-state index contributed by atoms with van der Waals surface area (Å²) < 4.78 is 5.71. The molecule has 2 aliphatic rings. The molecule has 0 aromatic heterocycles. The summed E-state index contributed by atoms with van der Waals surface area (Å²) in [5.74, 6) is 5.09. The average molecular weight is 341 g/mol. The number of fused-ring (bicyclic) bond motifs is 2. The predicted octanol–water partition coefficient (Wildman–Crippen LogP) is 6.14. The molecule has 0 amide bonds. The zero-order valence-corrected chi connectivity index (χ0v) is 15.3. The molecule has 2 bridgehead atoms. The van der Waals surface area contributed by atoms with E-state index in [-0.39, 0.29) is 0 Å². The van der Waals surface area contributed by atoms with Crippen LogP contribution in [-0.4, -0.2) is 7.11 Å². The number of methoxy groups -OCH3 is 1. The molecule has 4 rings (SSSR count). The highest BCUT2D eigenvalue weighted by Gasteiger charge is 2.55. The first-order valence-electron chi connectivity index (χ1n) is 9.00. The molecule has 0 N–H and O–H groups in total. The fraction of sp³-hybridized carbons (Fsp3) is 0.455. The zero-order valence-electron chi connectivity index (χ0n) is 14.6. The molecule has 2 heteroatoms. The van der Waals surface area contributed by atoms with E-state index in [4.69, 9.17) is 16.3 Å². The van der Waals surface area contributed by atoms with Gasteiger partial charge in [-0.2, -0.15) is 0 Å². The van der Waals surface area contributed by atoms with Crippen molar-refractivity contribution >= 4 is 11.6 Å². The molecule has 0 saturated heterocycles. The molecule has 2 aliphatic carbocycles. The number of ether oxygens (including phenoxy) is 1. The summed E-state index contributed by atoms with van der Waals surface area (Å²) in [5, 5.41) is 0.747. The summed E-state index contributed by atoms with van der Waals surface area (Å²) in [7, 11) is 1.76. The third-order valence-corrected chi connectivity index (χ3v) is 7.01. The van der Waals surface area contributed by atoms with Crippen molar-refractivity contribution in [3.8, 4) is 5.75 Å². The molecular weight excluding hydrogens is 316 g/mol. The number of halogens is 1. The standard InChI is InChI=1S/C22H25ClO/c1-13-14(2)19-12-18(13)21(15-7-5-4-6-8-15)22(19)17-10-9-16(23)11-20(17)24-3/h4-11,13-14,18-19,21-22H,12H2,1-3H3. The first-order chi connectivity index (χ1) is 11.6. The zero-order chi connectivity index (χ0) is 16.8. The Morgan fingerprint density at radius 2 is 1.58 bits per heavy atom. The van der Waals surface area contributed by atoms with Gasteiger partial charge in [-0.1, -0.05) is 61.8 Å². The van der Waals surface area contributed by atoms with Gasteiger partial charge in [0, 0.05) is 5.02 Å². The molecule has 6 unspecified atom stereocenters. The van der Waals surface area contributed by atoms with Crippen molar-refractivity contribution in [2.75, 3.05) is 7.11 Å². The molecule has 2 saturated carbocycles. The van der Waals surface area contributed by atoms with Gasteiger partial charge in [0.1, 0.15) is 5.75 Å². The van der Waals surface area contributed by atoms with E-state index in [0.717, 1.165) is 34.4 Å². The maximum Gasteiger partial charge on any atom is 0.123 e. The van der Waals surface area contributed by atoms with Gasteiger partial charge < -0.3 is 4.74 Å². The van der Waals surface area contributed by atoms with E-state index in [9.17, 15) is 0 Å². The van der Waals surface area contributed by atoms with Gasteiger partial charge in [0.25, 0.3) is 0 Å². The van der Waals surface area contributed by atoms with Crippen molar-refractivity contribution in [1.29, 1.82) is 0 Å². The maximum absolute atomic E-state index is 6.21. The van der Waals surface area contributed by atoms with Gasteiger partial charge in [-0.25, -0.2) is 0 Å². The van der Waals surface area contributed by atoms with Crippen LogP contribution in [0.5, 0.6) is 5.75 Å². The van der Waals surface area contributed by atoms with E-state index < -0.39 is 0 Å². The van der Waals surface area contributed by atoms with Gasteiger partial charge >= 0.3 is 0 Å². The molecule has 126 valence electrons. The van der Waals surface area contributed by atoms with E-state index >= 15 is 0 Å². The Bertz CT molecular complexity index is 726. The summed E-state index contributed by atoms with van der Waals surface area (Å²) in [6.07, 6.45) is 1.33. The fourth-order valence-corrected chi connectivity index (χ4v) is 5.68. The van der Waals surface area contributed by atoms with Crippen LogP contribution in [0.4, 0.5) is 0 Å². The topological polar surface area (TPSA) is 9.23 Å². The van der Waals surface area contributed by atoms with Gasteiger partial charge in [0.2, 0.25) is 0 Å². The third-order valence-electron chi connectivity index (χ3n) is 6.77. The quantitative estimate of drug-likeness (QED) is 0.652. The van der Waals surface area contributed by atoms with Crippen molar-refractivity contribution in [2.24, 2.45) is 23.7 Å². The minimum absolute atomic E-state index is 0.524. The second-order valence-electron chi connectivity index (χ2n) is 7.63. The number of hydrogen-bond donors (Lipinski definition) is 0. The van der Waals surface area contributed by atoms with Gasteiger partial charge in [-0.3, -0.25) is 0 Å². The highest BCUT2D eigenvalue weighted by Crippen LogP contribution is 2.65. The Morgan fingerprint density at radius 3 is 2.25 bits per heavy atom. The lowest BCUT2D eigenvalue weighted by atomic mass is 9.65. The van der Waals surface area contributed by atoms with Crippen molar-refractivity contribution in [2.45, 2.75) is 32.1 Å². The van der Waals surface area contributed by atoms with E-state index in [2.05, 4.69) is 50.2 Å². The van der Waals surface area contributed by atoms with E-state index in [1.54, 1.807) is 7.11 Å². The molecule has 2 aromatic carbocycles. The lowest BCUT2D eigenvalue weighted by Gasteiger charge is -2.39. The van der Waals surface area contributed by atoms with Gasteiger partial charge in [-0.15, -0.1) is 0 Å². The Hall–Kier alpha value is -1.47. The monoisotopic (exact) mass is 340 g/mol. The van der Waals surface area contributed by atoms with Crippen LogP contribution < -0.4 is 4.74 Å². The van der Waals surface area contributed by atoms with Crippen LogP contribution in [0, 0.1) is 23.7 Å². The van der Waals surface area contributed by atoms with Gasteiger partial charge in [0.15, 0.2) is 0 Å². The lowest BCUT2D eigenvalue weighted by molar-refractivity contribution is 0.202. The number of benzene rings is 2. The van der Waals surface area contributed by atoms with E-state index in [1.165, 1.54) is 17.5 Å². The van der Waals surface area contributed by atoms with Gasteiger partial charge in [-0.05, 0) is 65.2 Å². The summed E-state index contributed by atoms with van der Waals surface area (Å²) in [4.78, 5) is 0. The highest BCUT2D eigenvalue weighted by atomic mass is 35.5. The third kappa shape index (κ3) is 2.37. The predicted molar refractivity (Wildman–Crippen MR) is 99.9 cm³/mol. The van der Waals surface area contributed by atoms with Crippen molar-refractivity contribution in [3.63, 3.8) is 0 Å². The van der Waals surface area contributed by atoms with Crippen LogP contribution in [-0.2, 0) is 0 Å². The van der Waals surface area contributed by atoms with Crippen LogP contribution in [0.15, 0.2) is 48.5 Å². The van der Waals surface area contributed by atoms with Crippen LogP contribution in [0.25, 0.3) is 0 Å². The Morgan fingerprint density at radius 1 is 0.917 bits per heavy atom. The summed E-state index contributed by atoms with van der Waals surface area (Å²) in [5.41, 5.74) is 2.81. The van der Waals surface area contributed by atoms with Gasteiger partial charge in [0.05, 0.1) is 7.11 Å². The van der Waals surface area contributed by atoms with Crippen LogP contribution >= 0.6 is 11.6 Å². The van der Waals surface area contributed by atoms with Crippen LogP contribution in [0.2, 0.25) is 5.02 Å². The van der Waals surface area contributed by atoms with Crippen LogP contribution in [0.1, 0.15) is 43.2 Å². The summed E-state index contributed by atoms with van der Waals surface area (Å²) in [6, 6.07) is 17.2. The Kier molecular flexibility index (Phi) is 4.08. The first-order valence-corrected chi connectivity index (χ1v) is 9.38. The average Bonchev–Trinajstić information content (AvgIpc) is 3.12. The SMILES string of the molecule is COc1cc(Cl)ccc1C1C2CC(C(C)C2C)C1c1ccccc1. The van der Waals surface area contributed by atoms with Crippen molar-refractivity contribution in [1.82, 2.24) is 0 Å².